The topological polar surface area (TPSA) is 44.5 Å². The van der Waals surface area contributed by atoms with Crippen LogP contribution >= 0.6 is 0 Å². The number of hydrogen-bond donors (Lipinski definition) is 1. The van der Waals surface area contributed by atoms with Crippen LogP contribution < -0.4 is 5.90 Å². The number of hydrogen-bond acceptors (Lipinski definition) is 3. The second kappa shape index (κ2) is 4.21. The molecule has 0 aromatic carbocycles. The van der Waals surface area contributed by atoms with Gasteiger partial charge in [-0.2, -0.15) is 0 Å². The van der Waals surface area contributed by atoms with Crippen molar-refractivity contribution >= 4 is 0 Å². The third kappa shape index (κ3) is 2.19. The minimum atomic E-state index is 0.359. The van der Waals surface area contributed by atoms with E-state index in [1.54, 1.807) is 0 Å². The quantitative estimate of drug-likeness (QED) is 0.655. The summed E-state index contributed by atoms with van der Waals surface area (Å²) in [5.41, 5.74) is 0.359. The monoisotopic (exact) mass is 173 g/mol. The Morgan fingerprint density at radius 2 is 2.08 bits per heavy atom. The first kappa shape index (κ1) is 9.96. The summed E-state index contributed by atoms with van der Waals surface area (Å²) in [6.45, 7) is 6.89. The Balaban J connectivity index is 2.44. The molecule has 1 rings (SSSR count). The maximum absolute atomic E-state index is 5.32. The van der Waals surface area contributed by atoms with Crippen molar-refractivity contribution in [3.63, 3.8) is 0 Å². The molecule has 3 nitrogen and oxygen atoms in total. The zero-order valence-electron chi connectivity index (χ0n) is 8.01. The van der Waals surface area contributed by atoms with Gasteiger partial charge in [-0.15, -0.1) is 0 Å². The Morgan fingerprint density at radius 1 is 1.50 bits per heavy atom. The van der Waals surface area contributed by atoms with E-state index in [9.17, 15) is 0 Å². The van der Waals surface area contributed by atoms with Crippen LogP contribution in [0.2, 0.25) is 0 Å². The van der Waals surface area contributed by atoms with Gasteiger partial charge in [0.05, 0.1) is 6.61 Å². The predicted octanol–water partition coefficient (Wildman–Crippen LogP) is 1.33. The highest BCUT2D eigenvalue weighted by Crippen LogP contribution is 2.37. The highest BCUT2D eigenvalue weighted by atomic mass is 16.6. The molecule has 0 aliphatic carbocycles. The Kier molecular flexibility index (Phi) is 3.50. The van der Waals surface area contributed by atoms with Crippen molar-refractivity contribution in [1.29, 1.82) is 0 Å². The molecule has 1 atom stereocenters. The molecule has 1 fully saturated rings. The highest BCUT2D eigenvalue weighted by molar-refractivity contribution is 4.81. The summed E-state index contributed by atoms with van der Waals surface area (Å²) >= 11 is 0. The van der Waals surface area contributed by atoms with Gasteiger partial charge in [-0.1, -0.05) is 13.8 Å². The van der Waals surface area contributed by atoms with Crippen LogP contribution in [0.4, 0.5) is 0 Å². The molecule has 0 amide bonds. The summed E-state index contributed by atoms with van der Waals surface area (Å²) in [6.07, 6.45) is 2.25. The summed E-state index contributed by atoms with van der Waals surface area (Å²) in [5, 5.41) is 0. The van der Waals surface area contributed by atoms with Crippen molar-refractivity contribution in [3.8, 4) is 0 Å². The smallest absolute Gasteiger partial charge is 0.0710 e. The van der Waals surface area contributed by atoms with Crippen LogP contribution in [0, 0.1) is 11.3 Å². The maximum Gasteiger partial charge on any atom is 0.0710 e. The third-order valence-corrected chi connectivity index (χ3v) is 3.17. The third-order valence-electron chi connectivity index (χ3n) is 3.17. The molecule has 72 valence electrons. The van der Waals surface area contributed by atoms with Gasteiger partial charge < -0.3 is 9.57 Å². The Labute approximate surface area is 74.2 Å². The van der Waals surface area contributed by atoms with Gasteiger partial charge in [-0.05, 0) is 24.2 Å². The van der Waals surface area contributed by atoms with Crippen LogP contribution in [0.3, 0.4) is 0 Å². The van der Waals surface area contributed by atoms with Gasteiger partial charge in [-0.25, -0.2) is 5.90 Å². The zero-order valence-corrected chi connectivity index (χ0v) is 8.01. The first-order valence-corrected chi connectivity index (χ1v) is 4.58. The van der Waals surface area contributed by atoms with E-state index in [4.69, 9.17) is 10.6 Å². The SMILES string of the molecule is CC(CON)C1(C)CCOCC1. The van der Waals surface area contributed by atoms with Gasteiger partial charge in [0, 0.05) is 13.2 Å². The summed E-state index contributed by atoms with van der Waals surface area (Å²) in [6, 6.07) is 0. The molecule has 1 heterocycles. The number of ether oxygens (including phenoxy) is 1. The van der Waals surface area contributed by atoms with E-state index in [0.29, 0.717) is 17.9 Å². The summed E-state index contributed by atoms with van der Waals surface area (Å²) in [4.78, 5) is 4.68. The summed E-state index contributed by atoms with van der Waals surface area (Å²) in [5.74, 6) is 5.58. The van der Waals surface area contributed by atoms with Crippen molar-refractivity contribution in [1.82, 2.24) is 0 Å². The van der Waals surface area contributed by atoms with Crippen LogP contribution in [0.25, 0.3) is 0 Å². The fourth-order valence-corrected chi connectivity index (χ4v) is 1.68. The molecule has 0 spiro atoms. The summed E-state index contributed by atoms with van der Waals surface area (Å²) < 4.78 is 5.32. The molecule has 0 aromatic heterocycles. The molecule has 0 saturated carbocycles. The second-order valence-corrected chi connectivity index (χ2v) is 4.00. The van der Waals surface area contributed by atoms with E-state index in [2.05, 4.69) is 18.7 Å². The van der Waals surface area contributed by atoms with E-state index < -0.39 is 0 Å². The minimum absolute atomic E-state index is 0.359. The minimum Gasteiger partial charge on any atom is -0.381 e. The van der Waals surface area contributed by atoms with Crippen LogP contribution in [-0.4, -0.2) is 19.8 Å². The molecule has 1 aliphatic rings. The molecule has 2 N–H and O–H groups in total. The van der Waals surface area contributed by atoms with E-state index in [-0.39, 0.29) is 0 Å². The molecule has 3 heteroatoms. The van der Waals surface area contributed by atoms with Gasteiger partial charge >= 0.3 is 0 Å². The lowest BCUT2D eigenvalue weighted by atomic mass is 9.73. The van der Waals surface area contributed by atoms with Crippen molar-refractivity contribution in [2.45, 2.75) is 26.7 Å². The van der Waals surface area contributed by atoms with E-state index >= 15 is 0 Å². The molecular weight excluding hydrogens is 154 g/mol. The number of rotatable bonds is 3. The van der Waals surface area contributed by atoms with Gasteiger partial charge in [0.25, 0.3) is 0 Å². The molecule has 1 unspecified atom stereocenters. The standard InChI is InChI=1S/C9H19NO2/c1-8(7-12-10)9(2)3-5-11-6-4-9/h8H,3-7,10H2,1-2H3. The Morgan fingerprint density at radius 3 is 2.58 bits per heavy atom. The first-order valence-electron chi connectivity index (χ1n) is 4.58. The van der Waals surface area contributed by atoms with Crippen molar-refractivity contribution in [3.05, 3.63) is 0 Å². The molecular formula is C9H19NO2. The van der Waals surface area contributed by atoms with E-state index in [0.717, 1.165) is 26.1 Å². The first-order chi connectivity index (χ1) is 5.69. The Hall–Kier alpha value is -0.120. The van der Waals surface area contributed by atoms with Gasteiger partial charge in [0.2, 0.25) is 0 Å². The van der Waals surface area contributed by atoms with Crippen molar-refractivity contribution in [2.24, 2.45) is 17.2 Å². The van der Waals surface area contributed by atoms with E-state index in [1.807, 2.05) is 0 Å². The lowest BCUT2D eigenvalue weighted by Crippen LogP contribution is -2.35. The average molecular weight is 173 g/mol. The second-order valence-electron chi connectivity index (χ2n) is 4.00. The molecule has 1 saturated heterocycles. The Bertz CT molecular complexity index is 132. The molecule has 0 aromatic rings. The molecule has 0 bridgehead atoms. The highest BCUT2D eigenvalue weighted by Gasteiger charge is 2.32. The zero-order chi connectivity index (χ0) is 9.03. The fraction of sp³-hybridized carbons (Fsp3) is 1.00. The molecule has 12 heavy (non-hydrogen) atoms. The lowest BCUT2D eigenvalue weighted by molar-refractivity contribution is -0.0308. The van der Waals surface area contributed by atoms with Gasteiger partial charge in [0.1, 0.15) is 0 Å². The number of nitrogens with two attached hydrogens (primary N) is 1. The summed E-state index contributed by atoms with van der Waals surface area (Å²) in [7, 11) is 0. The van der Waals surface area contributed by atoms with Crippen LogP contribution in [-0.2, 0) is 9.57 Å². The lowest BCUT2D eigenvalue weighted by Gasteiger charge is -2.38. The largest absolute Gasteiger partial charge is 0.381 e. The fourth-order valence-electron chi connectivity index (χ4n) is 1.68. The van der Waals surface area contributed by atoms with Crippen molar-refractivity contribution in [2.75, 3.05) is 19.8 Å². The molecule has 1 aliphatic heterocycles. The van der Waals surface area contributed by atoms with E-state index in [1.165, 1.54) is 0 Å². The average Bonchev–Trinajstić information content (AvgIpc) is 2.06. The van der Waals surface area contributed by atoms with Gasteiger partial charge in [-0.3, -0.25) is 0 Å². The molecule has 0 radical (unpaired) electrons. The van der Waals surface area contributed by atoms with Crippen LogP contribution in [0.15, 0.2) is 0 Å². The predicted molar refractivity (Wildman–Crippen MR) is 47.5 cm³/mol. The van der Waals surface area contributed by atoms with Gasteiger partial charge in [0.15, 0.2) is 0 Å². The van der Waals surface area contributed by atoms with Crippen LogP contribution in [0.5, 0.6) is 0 Å². The van der Waals surface area contributed by atoms with Crippen LogP contribution in [0.1, 0.15) is 26.7 Å². The maximum atomic E-state index is 5.32. The van der Waals surface area contributed by atoms with Crippen molar-refractivity contribution < 1.29 is 9.57 Å². The normalized spacial score (nSPS) is 25.2.